The number of sulfonamides is 1. The number of carbonyl (C=O) groups is 1. The van der Waals surface area contributed by atoms with Crippen LogP contribution >= 0.6 is 11.8 Å². The number of amides is 1. The fraction of sp³-hybridized carbons (Fsp3) is 0.480. The second-order valence-electron chi connectivity index (χ2n) is 8.79. The number of fused-ring (bicyclic) bond motifs is 1. The molecule has 5 nitrogen and oxygen atoms in total. The molecule has 1 aliphatic heterocycles. The van der Waals surface area contributed by atoms with Gasteiger partial charge in [-0.05, 0) is 80.2 Å². The Kier molecular flexibility index (Phi) is 7.27. The average Bonchev–Trinajstić information content (AvgIpc) is 3.09. The molecule has 1 amide bonds. The van der Waals surface area contributed by atoms with E-state index in [0.717, 1.165) is 68.5 Å². The number of benzene rings is 2. The first-order chi connectivity index (χ1) is 15.4. The molecule has 172 valence electrons. The van der Waals surface area contributed by atoms with Crippen LogP contribution in [0.25, 0.3) is 0 Å². The molecule has 7 heteroatoms. The first-order valence-corrected chi connectivity index (χ1v) is 14.2. The number of hydrogen-bond acceptors (Lipinski definition) is 4. The van der Waals surface area contributed by atoms with Crippen molar-refractivity contribution in [1.82, 2.24) is 9.62 Å². The maximum atomic E-state index is 13.3. The first kappa shape index (κ1) is 23.3. The fourth-order valence-corrected chi connectivity index (χ4v) is 6.52. The Morgan fingerprint density at radius 3 is 2.41 bits per heavy atom. The van der Waals surface area contributed by atoms with E-state index in [1.807, 2.05) is 24.1 Å². The molecule has 1 saturated heterocycles. The van der Waals surface area contributed by atoms with Crippen molar-refractivity contribution in [2.75, 3.05) is 19.3 Å². The molecule has 32 heavy (non-hydrogen) atoms. The minimum atomic E-state index is -3.77. The Balaban J connectivity index is 1.57. The number of nitrogens with one attached hydrogen (secondary N) is 1. The van der Waals surface area contributed by atoms with Crippen molar-refractivity contribution in [3.05, 3.63) is 58.7 Å². The molecule has 2 aromatic carbocycles. The Morgan fingerprint density at radius 1 is 0.969 bits per heavy atom. The average molecular weight is 473 g/mol. The van der Waals surface area contributed by atoms with E-state index in [1.54, 1.807) is 18.2 Å². The van der Waals surface area contributed by atoms with Crippen LogP contribution < -0.4 is 4.72 Å². The maximum Gasteiger partial charge on any atom is 0.255 e. The van der Waals surface area contributed by atoms with E-state index in [2.05, 4.69) is 16.9 Å². The molecule has 4 rings (SSSR count). The van der Waals surface area contributed by atoms with E-state index in [1.165, 1.54) is 22.9 Å². The summed E-state index contributed by atoms with van der Waals surface area (Å²) < 4.78 is 29.2. The number of rotatable bonds is 6. The molecule has 1 N–H and O–H groups in total. The normalized spacial score (nSPS) is 17.6. The fourth-order valence-electron chi connectivity index (χ4n) is 4.70. The van der Waals surface area contributed by atoms with Gasteiger partial charge in [-0.25, -0.2) is 13.1 Å². The molecule has 1 fully saturated rings. The van der Waals surface area contributed by atoms with Crippen LogP contribution in [-0.2, 0) is 22.9 Å². The van der Waals surface area contributed by atoms with Crippen molar-refractivity contribution in [2.24, 2.45) is 0 Å². The van der Waals surface area contributed by atoms with Crippen molar-refractivity contribution in [2.45, 2.75) is 67.7 Å². The highest BCUT2D eigenvalue weighted by Gasteiger charge is 2.25. The van der Waals surface area contributed by atoms with E-state index in [9.17, 15) is 13.2 Å². The summed E-state index contributed by atoms with van der Waals surface area (Å²) in [5.41, 5.74) is 4.14. The molecular formula is C25H32N2O3S2. The van der Waals surface area contributed by atoms with Crippen molar-refractivity contribution in [1.29, 1.82) is 0 Å². The summed E-state index contributed by atoms with van der Waals surface area (Å²) in [6.45, 7) is 3.34. The van der Waals surface area contributed by atoms with Gasteiger partial charge in [0.2, 0.25) is 10.0 Å². The molecule has 0 aromatic heterocycles. The Hall–Kier alpha value is -1.83. The zero-order valence-corrected chi connectivity index (χ0v) is 20.5. The van der Waals surface area contributed by atoms with E-state index >= 15 is 0 Å². The van der Waals surface area contributed by atoms with Crippen LogP contribution in [0.2, 0.25) is 0 Å². The highest BCUT2D eigenvalue weighted by Crippen LogP contribution is 2.28. The van der Waals surface area contributed by atoms with Crippen LogP contribution in [0.4, 0.5) is 0 Å². The lowest BCUT2D eigenvalue weighted by atomic mass is 10.0. The third-order valence-corrected chi connectivity index (χ3v) is 8.89. The summed E-state index contributed by atoms with van der Waals surface area (Å²) in [6, 6.07) is 10.8. The Morgan fingerprint density at radius 2 is 1.69 bits per heavy atom. The second-order valence-corrected chi connectivity index (χ2v) is 11.4. The number of carbonyl (C=O) groups excluding carboxylic acids is 1. The minimum absolute atomic E-state index is 0.0695. The standard InChI is InChI=1S/C25H32N2O3S2/c1-18(20-11-10-19-8-7-9-21(19)16-20)26-32(29,30)22-12-13-24(31-2)23(17-22)25(28)27-14-5-3-4-6-15-27/h10-13,16-18,26H,3-9,14-15H2,1-2H3/t18-/m0/s1. The predicted molar refractivity (Wildman–Crippen MR) is 130 cm³/mol. The molecule has 1 atom stereocenters. The molecule has 0 saturated carbocycles. The van der Waals surface area contributed by atoms with Gasteiger partial charge < -0.3 is 4.90 Å². The Labute approximate surface area is 196 Å². The van der Waals surface area contributed by atoms with Crippen LogP contribution in [0, 0.1) is 0 Å². The van der Waals surface area contributed by atoms with Gasteiger partial charge in [-0.1, -0.05) is 31.0 Å². The topological polar surface area (TPSA) is 66.5 Å². The summed E-state index contributed by atoms with van der Waals surface area (Å²) in [7, 11) is -3.77. The Bertz CT molecular complexity index is 1090. The van der Waals surface area contributed by atoms with Gasteiger partial charge in [0.25, 0.3) is 5.91 Å². The van der Waals surface area contributed by atoms with Gasteiger partial charge >= 0.3 is 0 Å². The van der Waals surface area contributed by atoms with E-state index in [0.29, 0.717) is 5.56 Å². The number of nitrogens with zero attached hydrogens (tertiary/aromatic N) is 1. The quantitative estimate of drug-likeness (QED) is 0.604. The number of likely N-dealkylation sites (tertiary alicyclic amines) is 1. The number of hydrogen-bond donors (Lipinski definition) is 1. The summed E-state index contributed by atoms with van der Waals surface area (Å²) >= 11 is 1.47. The van der Waals surface area contributed by atoms with Crippen molar-refractivity contribution in [3.8, 4) is 0 Å². The zero-order valence-electron chi connectivity index (χ0n) is 18.9. The van der Waals surface area contributed by atoms with Crippen LogP contribution in [0.15, 0.2) is 46.2 Å². The van der Waals surface area contributed by atoms with Crippen molar-refractivity contribution in [3.63, 3.8) is 0 Å². The number of thioether (sulfide) groups is 1. The SMILES string of the molecule is CSc1ccc(S(=O)(=O)N[C@@H](C)c2ccc3c(c2)CCC3)cc1C(=O)N1CCCCCC1. The number of aryl methyl sites for hydroxylation is 2. The lowest BCUT2D eigenvalue weighted by Crippen LogP contribution is -2.32. The smallest absolute Gasteiger partial charge is 0.255 e. The minimum Gasteiger partial charge on any atom is -0.339 e. The summed E-state index contributed by atoms with van der Waals surface area (Å²) in [6.07, 6.45) is 9.50. The van der Waals surface area contributed by atoms with Gasteiger partial charge in [-0.3, -0.25) is 4.79 Å². The monoisotopic (exact) mass is 472 g/mol. The van der Waals surface area contributed by atoms with Gasteiger partial charge in [0.15, 0.2) is 0 Å². The molecular weight excluding hydrogens is 440 g/mol. The predicted octanol–water partition coefficient (Wildman–Crippen LogP) is 4.95. The molecule has 0 spiro atoms. The summed E-state index contributed by atoms with van der Waals surface area (Å²) in [5.74, 6) is -0.0695. The molecule has 1 heterocycles. The van der Waals surface area contributed by atoms with Gasteiger partial charge in [-0.2, -0.15) is 0 Å². The molecule has 0 radical (unpaired) electrons. The molecule has 2 aliphatic rings. The zero-order chi connectivity index (χ0) is 22.7. The summed E-state index contributed by atoms with van der Waals surface area (Å²) in [4.78, 5) is 16.1. The van der Waals surface area contributed by atoms with E-state index in [-0.39, 0.29) is 16.8 Å². The van der Waals surface area contributed by atoms with Crippen LogP contribution in [-0.4, -0.2) is 38.6 Å². The maximum absolute atomic E-state index is 13.3. The molecule has 0 bridgehead atoms. The third kappa shape index (κ3) is 5.05. The van der Waals surface area contributed by atoms with E-state index in [4.69, 9.17) is 0 Å². The molecule has 1 aliphatic carbocycles. The molecule has 2 aromatic rings. The van der Waals surface area contributed by atoms with Crippen LogP contribution in [0.3, 0.4) is 0 Å². The second kappa shape index (κ2) is 9.98. The highest BCUT2D eigenvalue weighted by molar-refractivity contribution is 7.98. The highest BCUT2D eigenvalue weighted by atomic mass is 32.2. The van der Waals surface area contributed by atoms with Crippen molar-refractivity contribution < 1.29 is 13.2 Å². The first-order valence-electron chi connectivity index (χ1n) is 11.5. The lowest BCUT2D eigenvalue weighted by Gasteiger charge is -2.22. The summed E-state index contributed by atoms with van der Waals surface area (Å²) in [5, 5.41) is 0. The van der Waals surface area contributed by atoms with E-state index < -0.39 is 10.0 Å². The van der Waals surface area contributed by atoms with Crippen LogP contribution in [0.5, 0.6) is 0 Å². The lowest BCUT2D eigenvalue weighted by molar-refractivity contribution is 0.0758. The van der Waals surface area contributed by atoms with Gasteiger partial charge in [0.1, 0.15) is 0 Å². The van der Waals surface area contributed by atoms with Gasteiger partial charge in [0, 0.05) is 24.0 Å². The van der Waals surface area contributed by atoms with Gasteiger partial charge in [-0.15, -0.1) is 11.8 Å². The molecule has 0 unspecified atom stereocenters. The van der Waals surface area contributed by atoms with Crippen molar-refractivity contribution >= 4 is 27.7 Å². The third-order valence-electron chi connectivity index (χ3n) is 6.56. The largest absolute Gasteiger partial charge is 0.339 e. The van der Waals surface area contributed by atoms with Gasteiger partial charge in [0.05, 0.1) is 10.5 Å². The van der Waals surface area contributed by atoms with Crippen LogP contribution in [0.1, 0.15) is 72.1 Å².